The number of sulfonamides is 1. The van der Waals surface area contributed by atoms with Crippen molar-refractivity contribution in [1.29, 1.82) is 5.26 Å². The summed E-state index contributed by atoms with van der Waals surface area (Å²) >= 11 is 1.24. The van der Waals surface area contributed by atoms with E-state index < -0.39 is 28.1 Å². The molecule has 1 saturated heterocycles. The summed E-state index contributed by atoms with van der Waals surface area (Å²) in [6.07, 6.45) is -0.409. The van der Waals surface area contributed by atoms with Crippen LogP contribution in [0.3, 0.4) is 0 Å². The molecule has 2 aliphatic heterocycles. The molecule has 4 rings (SSSR count). The zero-order valence-corrected chi connectivity index (χ0v) is 23.3. The number of amides is 3. The van der Waals surface area contributed by atoms with Crippen LogP contribution in [0.4, 0.5) is 14.6 Å². The number of rotatable bonds is 6. The number of carbonyl (C=O) groups is 3. The summed E-state index contributed by atoms with van der Waals surface area (Å²) in [4.78, 5) is 40.8. The molecule has 0 unspecified atom stereocenters. The Morgan fingerprint density at radius 2 is 1.59 bits per heavy atom. The third kappa shape index (κ3) is 6.00. The van der Waals surface area contributed by atoms with Crippen molar-refractivity contribution in [3.05, 3.63) is 45.8 Å². The maximum Gasteiger partial charge on any atom is 0.410 e. The first kappa shape index (κ1) is 28.3. The molecule has 1 aromatic carbocycles. The minimum atomic E-state index is -3.81. The van der Waals surface area contributed by atoms with E-state index in [1.807, 2.05) is 0 Å². The molecule has 0 radical (unpaired) electrons. The molecular weight excluding hydrogens is 546 g/mol. The van der Waals surface area contributed by atoms with Gasteiger partial charge in [0.25, 0.3) is 5.91 Å². The molecule has 0 spiro atoms. The number of fused-ring (bicyclic) bond motifs is 1. The first-order valence-corrected chi connectivity index (χ1v) is 14.7. The van der Waals surface area contributed by atoms with Crippen LogP contribution in [-0.4, -0.2) is 86.6 Å². The molecule has 3 heterocycles. The van der Waals surface area contributed by atoms with Crippen molar-refractivity contribution in [3.8, 4) is 6.07 Å². The van der Waals surface area contributed by atoms with Gasteiger partial charge < -0.3 is 24.6 Å². The number of benzene rings is 1. The number of nitrogens with one attached hydrogen (secondary N) is 1. The molecule has 0 atom stereocenters. The molecule has 3 amide bonds. The van der Waals surface area contributed by atoms with E-state index in [1.165, 1.54) is 44.8 Å². The Morgan fingerprint density at radius 3 is 2.18 bits per heavy atom. The summed E-state index contributed by atoms with van der Waals surface area (Å²) in [6.45, 7) is 5.39. The summed E-state index contributed by atoms with van der Waals surface area (Å²) in [5.41, 5.74) is 1.40. The number of hydrogen-bond acceptors (Lipinski definition) is 9. The Balaban J connectivity index is 1.42. The van der Waals surface area contributed by atoms with Gasteiger partial charge in [0.05, 0.1) is 30.2 Å². The monoisotopic (exact) mass is 575 g/mol. The normalized spacial score (nSPS) is 15.7. The van der Waals surface area contributed by atoms with E-state index in [-0.39, 0.29) is 49.9 Å². The Hall–Kier alpha value is -3.67. The van der Waals surface area contributed by atoms with Gasteiger partial charge in [-0.3, -0.25) is 4.79 Å². The number of thiophene rings is 1. The lowest BCUT2D eigenvalue weighted by atomic mass is 10.0. The number of nitrogens with zero attached hydrogens (tertiary/aromatic N) is 4. The van der Waals surface area contributed by atoms with E-state index in [2.05, 4.69) is 11.4 Å². The molecule has 208 valence electrons. The van der Waals surface area contributed by atoms with Crippen molar-refractivity contribution in [3.63, 3.8) is 0 Å². The van der Waals surface area contributed by atoms with Gasteiger partial charge in [0.15, 0.2) is 0 Å². The van der Waals surface area contributed by atoms with Crippen LogP contribution in [0, 0.1) is 11.3 Å². The summed E-state index contributed by atoms with van der Waals surface area (Å²) < 4.78 is 37.5. The molecule has 1 aromatic heterocycles. The standard InChI is InChI=1S/C25H29N5O7S2/c1-3-36-24(32)28-11-13-30(14-12-28)39(34,35)18-7-5-17(6-8-18)22(31)27-23-20(15-26)19-9-10-29(16-21(19)38-23)25(33)37-4-2/h5-8H,3-4,9-14,16H2,1-2H3,(H,27,31). The van der Waals surface area contributed by atoms with E-state index in [1.54, 1.807) is 18.7 Å². The highest BCUT2D eigenvalue weighted by Crippen LogP contribution is 2.37. The van der Waals surface area contributed by atoms with Crippen molar-refractivity contribution in [1.82, 2.24) is 14.1 Å². The van der Waals surface area contributed by atoms with Gasteiger partial charge in [-0.2, -0.15) is 9.57 Å². The van der Waals surface area contributed by atoms with E-state index >= 15 is 0 Å². The number of anilines is 1. The molecule has 0 bridgehead atoms. The predicted molar refractivity (Wildman–Crippen MR) is 142 cm³/mol. The van der Waals surface area contributed by atoms with Gasteiger partial charge in [-0.1, -0.05) is 0 Å². The molecule has 39 heavy (non-hydrogen) atoms. The zero-order chi connectivity index (χ0) is 28.2. The minimum Gasteiger partial charge on any atom is -0.450 e. The van der Waals surface area contributed by atoms with Gasteiger partial charge in [0.2, 0.25) is 10.0 Å². The highest BCUT2D eigenvalue weighted by atomic mass is 32.2. The molecule has 1 fully saturated rings. The number of ether oxygens (including phenoxy) is 2. The Morgan fingerprint density at radius 1 is 0.974 bits per heavy atom. The summed E-state index contributed by atoms with van der Waals surface area (Å²) in [6, 6.07) is 7.72. The second-order valence-electron chi connectivity index (χ2n) is 8.76. The molecule has 12 nitrogen and oxygen atoms in total. The SMILES string of the molecule is CCOC(=O)N1CCN(S(=O)(=O)c2ccc(C(=O)Nc3sc4c(c3C#N)CCN(C(=O)OCC)C4)cc2)CC1. The van der Waals surface area contributed by atoms with Crippen LogP contribution in [0.15, 0.2) is 29.2 Å². The van der Waals surface area contributed by atoms with Crippen LogP contribution < -0.4 is 5.32 Å². The quantitative estimate of drug-likeness (QED) is 0.553. The van der Waals surface area contributed by atoms with Gasteiger partial charge in [-0.25, -0.2) is 18.0 Å². The van der Waals surface area contributed by atoms with Crippen LogP contribution in [0.2, 0.25) is 0 Å². The van der Waals surface area contributed by atoms with Crippen molar-refractivity contribution >= 4 is 44.5 Å². The van der Waals surface area contributed by atoms with Crippen molar-refractivity contribution < 1.29 is 32.3 Å². The fraction of sp³-hybridized carbons (Fsp3) is 0.440. The van der Waals surface area contributed by atoms with Gasteiger partial charge in [-0.15, -0.1) is 11.3 Å². The van der Waals surface area contributed by atoms with Crippen molar-refractivity contribution in [2.24, 2.45) is 0 Å². The average Bonchev–Trinajstić information content (AvgIpc) is 3.29. The first-order valence-electron chi connectivity index (χ1n) is 12.5. The first-order chi connectivity index (χ1) is 18.7. The summed E-state index contributed by atoms with van der Waals surface area (Å²) in [5.74, 6) is -0.487. The molecule has 2 aliphatic rings. The maximum atomic E-state index is 13.1. The Bertz CT molecular complexity index is 1390. The maximum absolute atomic E-state index is 13.1. The highest BCUT2D eigenvalue weighted by Gasteiger charge is 2.31. The van der Waals surface area contributed by atoms with Gasteiger partial charge in [0, 0.05) is 43.2 Å². The van der Waals surface area contributed by atoms with Crippen LogP contribution >= 0.6 is 11.3 Å². The fourth-order valence-electron chi connectivity index (χ4n) is 4.41. The van der Waals surface area contributed by atoms with Crippen molar-refractivity contribution in [2.75, 3.05) is 51.3 Å². The van der Waals surface area contributed by atoms with Gasteiger partial charge in [-0.05, 0) is 50.1 Å². The third-order valence-electron chi connectivity index (χ3n) is 6.44. The van der Waals surface area contributed by atoms with Crippen molar-refractivity contribution in [2.45, 2.75) is 31.7 Å². The highest BCUT2D eigenvalue weighted by molar-refractivity contribution is 7.89. The van der Waals surface area contributed by atoms with E-state index in [0.29, 0.717) is 30.1 Å². The lowest BCUT2D eigenvalue weighted by Crippen LogP contribution is -2.50. The smallest absolute Gasteiger partial charge is 0.410 e. The Labute approximate surface area is 230 Å². The number of nitriles is 1. The second kappa shape index (κ2) is 12.0. The van der Waals surface area contributed by atoms with Gasteiger partial charge >= 0.3 is 12.2 Å². The summed E-state index contributed by atoms with van der Waals surface area (Å²) in [5, 5.41) is 12.9. The van der Waals surface area contributed by atoms with Crippen LogP contribution in [0.1, 0.15) is 40.2 Å². The largest absolute Gasteiger partial charge is 0.450 e. The number of piperazine rings is 1. The number of hydrogen-bond donors (Lipinski definition) is 1. The molecule has 1 N–H and O–H groups in total. The molecule has 2 aromatic rings. The Kier molecular flexibility index (Phi) is 8.73. The summed E-state index contributed by atoms with van der Waals surface area (Å²) in [7, 11) is -3.81. The minimum absolute atomic E-state index is 0.0343. The van der Waals surface area contributed by atoms with Gasteiger partial charge in [0.1, 0.15) is 11.1 Å². The van der Waals surface area contributed by atoms with E-state index in [4.69, 9.17) is 9.47 Å². The molecule has 14 heteroatoms. The zero-order valence-electron chi connectivity index (χ0n) is 21.6. The molecular formula is C25H29N5O7S2. The molecule has 0 aliphatic carbocycles. The lowest BCUT2D eigenvalue weighted by Gasteiger charge is -2.33. The fourth-order valence-corrected chi connectivity index (χ4v) is 7.04. The second-order valence-corrected chi connectivity index (χ2v) is 11.8. The molecule has 0 saturated carbocycles. The van der Waals surface area contributed by atoms with Crippen LogP contribution in [0.25, 0.3) is 0 Å². The predicted octanol–water partition coefficient (Wildman–Crippen LogP) is 2.85. The van der Waals surface area contributed by atoms with Crippen LogP contribution in [0.5, 0.6) is 0 Å². The van der Waals surface area contributed by atoms with Crippen LogP contribution in [-0.2, 0) is 32.5 Å². The lowest BCUT2D eigenvalue weighted by molar-refractivity contribution is 0.0933. The third-order valence-corrected chi connectivity index (χ3v) is 9.49. The topological polar surface area (TPSA) is 149 Å². The van der Waals surface area contributed by atoms with E-state index in [9.17, 15) is 28.1 Å². The average molecular weight is 576 g/mol. The number of carbonyl (C=O) groups excluding carboxylic acids is 3. The van der Waals surface area contributed by atoms with E-state index in [0.717, 1.165) is 10.4 Å².